The number of ether oxygens (including phenoxy) is 1. The Morgan fingerprint density at radius 3 is 2.59 bits per heavy atom. The number of unbranched alkanes of at least 4 members (excludes halogenated alkanes) is 1. The number of nitrogens with one attached hydrogen (secondary N) is 2. The molecule has 0 aliphatic heterocycles. The third-order valence-electron chi connectivity index (χ3n) is 3.90. The maximum absolute atomic E-state index is 12.0. The second-order valence-corrected chi connectivity index (χ2v) is 6.58. The maximum Gasteiger partial charge on any atom is 0.251 e. The molecule has 0 atom stereocenters. The lowest BCUT2D eigenvalue weighted by atomic mass is 10.2. The quantitative estimate of drug-likeness (QED) is 0.605. The minimum absolute atomic E-state index is 0.122. The van der Waals surface area contributed by atoms with Crippen molar-refractivity contribution in [1.29, 1.82) is 0 Å². The number of rotatable bonds is 10. The molecule has 0 unspecified atom stereocenters. The lowest BCUT2D eigenvalue weighted by molar-refractivity contribution is -0.121. The zero-order valence-corrected chi connectivity index (χ0v) is 16.2. The minimum Gasteiger partial charge on any atom is -0.494 e. The first kappa shape index (κ1) is 20.8. The number of amides is 2. The van der Waals surface area contributed by atoms with Crippen molar-refractivity contribution < 1.29 is 14.3 Å². The van der Waals surface area contributed by atoms with Gasteiger partial charge >= 0.3 is 0 Å². The summed E-state index contributed by atoms with van der Waals surface area (Å²) in [6.45, 7) is 3.51. The number of benzene rings is 2. The number of carbonyl (C=O) groups is 2. The van der Waals surface area contributed by atoms with Crippen LogP contribution in [0, 0.1) is 0 Å². The number of hydrogen-bond acceptors (Lipinski definition) is 3. The fourth-order valence-corrected chi connectivity index (χ4v) is 2.49. The van der Waals surface area contributed by atoms with Gasteiger partial charge in [-0.3, -0.25) is 9.59 Å². The van der Waals surface area contributed by atoms with E-state index in [1.807, 2.05) is 24.3 Å². The highest BCUT2D eigenvalue weighted by atomic mass is 35.5. The van der Waals surface area contributed by atoms with Crippen LogP contribution in [0.1, 0.15) is 42.1 Å². The molecule has 144 valence electrons. The molecule has 2 aromatic carbocycles. The Kier molecular flexibility index (Phi) is 8.65. The molecule has 0 aliphatic rings. The van der Waals surface area contributed by atoms with Crippen LogP contribution >= 0.6 is 11.6 Å². The van der Waals surface area contributed by atoms with Crippen molar-refractivity contribution in [3.63, 3.8) is 0 Å². The molecule has 0 aliphatic carbocycles. The first-order valence-corrected chi connectivity index (χ1v) is 9.48. The number of carbonyl (C=O) groups excluding carboxylic acids is 2. The summed E-state index contributed by atoms with van der Waals surface area (Å²) < 4.78 is 5.67. The summed E-state index contributed by atoms with van der Waals surface area (Å²) in [4.78, 5) is 23.9. The van der Waals surface area contributed by atoms with E-state index in [4.69, 9.17) is 16.3 Å². The van der Waals surface area contributed by atoms with Crippen LogP contribution in [0.3, 0.4) is 0 Å². The first-order valence-electron chi connectivity index (χ1n) is 9.10. The van der Waals surface area contributed by atoms with Crippen LogP contribution in [0.5, 0.6) is 5.75 Å². The van der Waals surface area contributed by atoms with Crippen molar-refractivity contribution in [2.45, 2.75) is 32.7 Å². The molecule has 2 aromatic rings. The average Bonchev–Trinajstić information content (AvgIpc) is 2.67. The average molecular weight is 389 g/mol. The van der Waals surface area contributed by atoms with Crippen molar-refractivity contribution in [2.24, 2.45) is 0 Å². The van der Waals surface area contributed by atoms with Crippen molar-refractivity contribution in [1.82, 2.24) is 10.6 Å². The monoisotopic (exact) mass is 388 g/mol. The van der Waals surface area contributed by atoms with Crippen molar-refractivity contribution in [3.05, 3.63) is 64.7 Å². The predicted octanol–water partition coefficient (Wildman–Crippen LogP) is 3.96. The molecular weight excluding hydrogens is 364 g/mol. The SMILES string of the molecule is CCCCOc1cccc(CNC(=O)CCNC(=O)c2ccc(Cl)cc2)c1. The van der Waals surface area contributed by atoms with E-state index in [9.17, 15) is 9.59 Å². The summed E-state index contributed by atoms with van der Waals surface area (Å²) in [7, 11) is 0. The smallest absolute Gasteiger partial charge is 0.251 e. The third-order valence-corrected chi connectivity index (χ3v) is 4.15. The van der Waals surface area contributed by atoms with Gasteiger partial charge in [0, 0.05) is 30.1 Å². The van der Waals surface area contributed by atoms with E-state index < -0.39 is 0 Å². The topological polar surface area (TPSA) is 67.4 Å². The van der Waals surface area contributed by atoms with Gasteiger partial charge in [-0.1, -0.05) is 37.1 Å². The molecular formula is C21H25ClN2O3. The van der Waals surface area contributed by atoms with E-state index in [-0.39, 0.29) is 24.8 Å². The number of hydrogen-bond donors (Lipinski definition) is 2. The van der Waals surface area contributed by atoms with E-state index in [0.29, 0.717) is 23.7 Å². The first-order chi connectivity index (χ1) is 13.1. The Bertz CT molecular complexity index is 747. The van der Waals surface area contributed by atoms with Crippen molar-refractivity contribution >= 4 is 23.4 Å². The summed E-state index contributed by atoms with van der Waals surface area (Å²) in [6.07, 6.45) is 2.32. The second kappa shape index (κ2) is 11.2. The third kappa shape index (κ3) is 7.71. The predicted molar refractivity (Wildman–Crippen MR) is 107 cm³/mol. The van der Waals surface area contributed by atoms with E-state index in [2.05, 4.69) is 17.6 Å². The fourth-order valence-electron chi connectivity index (χ4n) is 2.36. The highest BCUT2D eigenvalue weighted by Gasteiger charge is 2.07. The van der Waals surface area contributed by atoms with Crippen LogP contribution < -0.4 is 15.4 Å². The van der Waals surface area contributed by atoms with Gasteiger partial charge in [0.15, 0.2) is 0 Å². The summed E-state index contributed by atoms with van der Waals surface area (Å²) in [5.41, 5.74) is 1.49. The Morgan fingerprint density at radius 2 is 1.85 bits per heavy atom. The van der Waals surface area contributed by atoms with Crippen LogP contribution in [0.4, 0.5) is 0 Å². The van der Waals surface area contributed by atoms with Gasteiger partial charge in [-0.2, -0.15) is 0 Å². The summed E-state index contributed by atoms with van der Waals surface area (Å²) >= 11 is 5.80. The zero-order valence-electron chi connectivity index (χ0n) is 15.5. The molecule has 2 amide bonds. The van der Waals surface area contributed by atoms with Gasteiger partial charge in [-0.25, -0.2) is 0 Å². The molecule has 0 aromatic heterocycles. The Morgan fingerprint density at radius 1 is 1.07 bits per heavy atom. The minimum atomic E-state index is -0.226. The van der Waals surface area contributed by atoms with Gasteiger partial charge in [0.05, 0.1) is 6.61 Å². The van der Waals surface area contributed by atoms with Gasteiger partial charge in [0.25, 0.3) is 5.91 Å². The lowest BCUT2D eigenvalue weighted by Gasteiger charge is -2.09. The largest absolute Gasteiger partial charge is 0.494 e. The molecule has 0 saturated heterocycles. The fraction of sp³-hybridized carbons (Fsp3) is 0.333. The molecule has 27 heavy (non-hydrogen) atoms. The molecule has 5 nitrogen and oxygen atoms in total. The molecule has 6 heteroatoms. The standard InChI is InChI=1S/C21H25ClN2O3/c1-2-3-13-27-19-6-4-5-16(14-19)15-24-20(25)11-12-23-21(26)17-7-9-18(22)10-8-17/h4-10,14H,2-3,11-13,15H2,1H3,(H,23,26)(H,24,25). The zero-order chi connectivity index (χ0) is 19.5. The normalized spacial score (nSPS) is 10.3. The van der Waals surface area contributed by atoms with Gasteiger partial charge in [0.2, 0.25) is 5.91 Å². The Hall–Kier alpha value is -2.53. The molecule has 0 saturated carbocycles. The lowest BCUT2D eigenvalue weighted by Crippen LogP contribution is -2.30. The number of halogens is 1. The highest BCUT2D eigenvalue weighted by molar-refractivity contribution is 6.30. The van der Waals surface area contributed by atoms with Crippen LogP contribution in [-0.4, -0.2) is 25.0 Å². The van der Waals surface area contributed by atoms with Gasteiger partial charge in [-0.05, 0) is 48.4 Å². The summed E-state index contributed by atoms with van der Waals surface area (Å²) in [5.74, 6) is 0.463. The van der Waals surface area contributed by atoms with E-state index in [0.717, 1.165) is 24.2 Å². The Balaban J connectivity index is 1.69. The van der Waals surface area contributed by atoms with Gasteiger partial charge in [0.1, 0.15) is 5.75 Å². The molecule has 2 rings (SSSR count). The molecule has 0 heterocycles. The molecule has 0 radical (unpaired) electrons. The summed E-state index contributed by atoms with van der Waals surface area (Å²) in [6, 6.07) is 14.3. The molecule has 0 bridgehead atoms. The highest BCUT2D eigenvalue weighted by Crippen LogP contribution is 2.14. The van der Waals surface area contributed by atoms with Crippen molar-refractivity contribution in [2.75, 3.05) is 13.2 Å². The molecule has 0 fully saturated rings. The van der Waals surface area contributed by atoms with E-state index in [1.165, 1.54) is 0 Å². The van der Waals surface area contributed by atoms with Crippen LogP contribution in [0.2, 0.25) is 5.02 Å². The second-order valence-electron chi connectivity index (χ2n) is 6.14. The van der Waals surface area contributed by atoms with Gasteiger partial charge in [-0.15, -0.1) is 0 Å². The van der Waals surface area contributed by atoms with Crippen LogP contribution in [0.15, 0.2) is 48.5 Å². The van der Waals surface area contributed by atoms with E-state index >= 15 is 0 Å². The van der Waals surface area contributed by atoms with E-state index in [1.54, 1.807) is 24.3 Å². The van der Waals surface area contributed by atoms with Crippen LogP contribution in [0.25, 0.3) is 0 Å². The van der Waals surface area contributed by atoms with Gasteiger partial charge < -0.3 is 15.4 Å². The maximum atomic E-state index is 12.0. The van der Waals surface area contributed by atoms with Crippen LogP contribution in [-0.2, 0) is 11.3 Å². The molecule has 0 spiro atoms. The van der Waals surface area contributed by atoms with Crippen molar-refractivity contribution in [3.8, 4) is 5.75 Å². The Labute approximate surface area is 165 Å². The summed E-state index contributed by atoms with van der Waals surface area (Å²) in [5, 5.41) is 6.15. The molecule has 2 N–H and O–H groups in total.